The van der Waals surface area contributed by atoms with Gasteiger partial charge in [0, 0.05) is 97.9 Å². The van der Waals surface area contributed by atoms with E-state index in [0.717, 1.165) is 49.8 Å². The van der Waals surface area contributed by atoms with Gasteiger partial charge in [-0.15, -0.1) is 0 Å². The van der Waals surface area contributed by atoms with Crippen LogP contribution in [0.15, 0.2) is 146 Å². The molecule has 23 nitrogen and oxygen atoms in total. The zero-order chi connectivity index (χ0) is 64.6. The standard InChI is InChI=1S/C25H22N4O4.C23H23N3O5.C21H19N3O4/c30-22-8-7-21(24(32)28-22)29-14-18-11-16(3-5-19(18)25(29)33)13-27-23(31)12-15-4-6-20-17(10-15)2-1-9-26-20;1-2-31-17-6-4-15(5-7-17)21(28)24-12-14-3-8-18-16(11-14)13-26(23(18)30)19-9-10-20(27)25-22(19)29;25-18-9-8-17(20(27)23-18)24-12-15-10-13(6-7-16(15)21(24)28)11-22-19(26)14-4-2-1-3-5-14/h1-6,9-11,21H,7-8,12-14H2,(H,27,31)(H,28,30,32);3-8,11,19H,2,9-10,12-13H2,1H3,(H,24,28)(H,25,27,29);1-7,10,17H,8-9,11-12H2,(H,22,26)(H,23,25,27). The van der Waals surface area contributed by atoms with Crippen molar-refractivity contribution in [3.05, 3.63) is 212 Å². The van der Waals surface area contributed by atoms with Crippen molar-refractivity contribution in [1.29, 1.82) is 0 Å². The molecular weight excluding hydrogens is 1180 g/mol. The summed E-state index contributed by atoms with van der Waals surface area (Å²) in [7, 11) is 0. The van der Waals surface area contributed by atoms with Gasteiger partial charge in [-0.05, 0) is 138 Å². The van der Waals surface area contributed by atoms with Crippen LogP contribution in [0.3, 0.4) is 0 Å². The molecule has 6 aliphatic rings. The Morgan fingerprint density at radius 3 is 1.34 bits per heavy atom. The number of ether oxygens (including phenoxy) is 1. The molecule has 0 bridgehead atoms. The van der Waals surface area contributed by atoms with Crippen LogP contribution in [0.5, 0.6) is 5.75 Å². The fourth-order valence-corrected chi connectivity index (χ4v) is 11.9. The summed E-state index contributed by atoms with van der Waals surface area (Å²) >= 11 is 0. The summed E-state index contributed by atoms with van der Waals surface area (Å²) in [5.41, 5.74) is 9.63. The maximum absolute atomic E-state index is 12.8. The van der Waals surface area contributed by atoms with Gasteiger partial charge < -0.3 is 35.4 Å². The number of imide groups is 3. The zero-order valence-electron chi connectivity index (χ0n) is 50.1. The predicted octanol–water partition coefficient (Wildman–Crippen LogP) is 5.01. The Hall–Kier alpha value is -11.2. The molecule has 468 valence electrons. The molecule has 13 rings (SSSR count). The number of fused-ring (bicyclic) bond motifs is 4. The first-order valence-electron chi connectivity index (χ1n) is 30.2. The van der Waals surface area contributed by atoms with Crippen LogP contribution in [0, 0.1) is 0 Å². The molecule has 0 radical (unpaired) electrons. The van der Waals surface area contributed by atoms with Gasteiger partial charge in [0.25, 0.3) is 29.5 Å². The fraction of sp³-hybridized carbons (Fsp3) is 0.261. The molecule has 92 heavy (non-hydrogen) atoms. The number of hydrogen-bond donors (Lipinski definition) is 6. The molecule has 7 aromatic rings. The average Bonchev–Trinajstić information content (AvgIpc) is 1.67. The number of aromatic nitrogens is 1. The van der Waals surface area contributed by atoms with Crippen molar-refractivity contribution in [3.63, 3.8) is 0 Å². The summed E-state index contributed by atoms with van der Waals surface area (Å²) in [6.45, 7) is 4.39. The molecule has 0 aliphatic carbocycles. The number of pyridine rings is 1. The van der Waals surface area contributed by atoms with E-state index in [-0.39, 0.29) is 78.8 Å². The Balaban J connectivity index is 0.000000142. The fourth-order valence-electron chi connectivity index (χ4n) is 11.9. The minimum absolute atomic E-state index is 0.0972. The van der Waals surface area contributed by atoms with Gasteiger partial charge in [0.05, 0.1) is 18.5 Å². The van der Waals surface area contributed by atoms with E-state index in [1.165, 1.54) is 14.7 Å². The lowest BCUT2D eigenvalue weighted by Crippen LogP contribution is -2.52. The molecule has 6 N–H and O–H groups in total. The maximum atomic E-state index is 12.8. The summed E-state index contributed by atoms with van der Waals surface area (Å²) in [5.74, 6) is -2.58. The summed E-state index contributed by atoms with van der Waals surface area (Å²) in [6.07, 6.45) is 3.67. The Labute approximate surface area is 527 Å². The van der Waals surface area contributed by atoms with Gasteiger partial charge in [0.1, 0.15) is 23.9 Å². The van der Waals surface area contributed by atoms with Gasteiger partial charge in [0.15, 0.2) is 0 Å². The van der Waals surface area contributed by atoms with Crippen LogP contribution in [0.25, 0.3) is 10.9 Å². The molecule has 6 aromatic carbocycles. The average molecular weight is 1240 g/mol. The molecular formula is C69H64N10O13. The van der Waals surface area contributed by atoms with E-state index in [4.69, 9.17) is 4.74 Å². The number of nitrogens with zero attached hydrogens (tertiary/aromatic N) is 4. The highest BCUT2D eigenvalue weighted by Gasteiger charge is 2.42. The molecule has 1 aromatic heterocycles. The lowest BCUT2D eigenvalue weighted by molar-refractivity contribution is -0.138. The predicted molar refractivity (Wildman–Crippen MR) is 331 cm³/mol. The van der Waals surface area contributed by atoms with E-state index < -0.39 is 35.8 Å². The second-order valence-corrected chi connectivity index (χ2v) is 22.8. The minimum atomic E-state index is -0.639. The van der Waals surface area contributed by atoms with E-state index in [1.54, 1.807) is 85.1 Å². The van der Waals surface area contributed by atoms with Crippen molar-refractivity contribution in [2.24, 2.45) is 0 Å². The molecule has 6 aliphatic heterocycles. The number of piperidine rings is 3. The summed E-state index contributed by atoms with van der Waals surface area (Å²) in [4.78, 5) is 155. The van der Waals surface area contributed by atoms with Crippen molar-refractivity contribution >= 4 is 81.8 Å². The molecule has 23 heteroatoms. The zero-order valence-corrected chi connectivity index (χ0v) is 50.1. The van der Waals surface area contributed by atoms with Crippen LogP contribution in [0.2, 0.25) is 0 Å². The molecule has 3 unspecified atom stereocenters. The molecule has 0 saturated carbocycles. The molecule has 3 saturated heterocycles. The van der Waals surface area contributed by atoms with Crippen molar-refractivity contribution in [1.82, 2.24) is 51.6 Å². The van der Waals surface area contributed by atoms with Gasteiger partial charge in [-0.25, -0.2) is 0 Å². The number of carbonyl (C=O) groups is 12. The van der Waals surface area contributed by atoms with Gasteiger partial charge >= 0.3 is 0 Å². The van der Waals surface area contributed by atoms with Crippen molar-refractivity contribution in [2.45, 2.75) is 109 Å². The SMILES string of the molecule is CCOc1ccc(C(=O)NCc2ccc3c(c2)CN(C2CCC(=O)NC2=O)C3=O)cc1.O=C(Cc1ccc2ncccc2c1)NCc1ccc2c(c1)CN(C1CCC(=O)NC1=O)C2=O.O=C1CCC(N2Cc3cc(CNC(=O)c4ccccc4)ccc3C2=O)C(=O)N1. The first-order valence-corrected chi connectivity index (χ1v) is 30.2. The second kappa shape index (κ2) is 27.7. The first-order chi connectivity index (χ1) is 44.5. The number of nitrogens with one attached hydrogen (secondary N) is 6. The largest absolute Gasteiger partial charge is 0.494 e. The van der Waals surface area contributed by atoms with Crippen LogP contribution < -0.4 is 36.6 Å². The van der Waals surface area contributed by atoms with Crippen LogP contribution >= 0.6 is 0 Å². The van der Waals surface area contributed by atoms with Crippen molar-refractivity contribution < 1.29 is 62.3 Å². The normalized spacial score (nSPS) is 18.1. The third kappa shape index (κ3) is 14.3. The number of amides is 12. The first kappa shape index (κ1) is 62.4. The summed E-state index contributed by atoms with van der Waals surface area (Å²) in [6, 6.07) is 39.8. The van der Waals surface area contributed by atoms with E-state index in [0.29, 0.717) is 98.7 Å². The maximum Gasteiger partial charge on any atom is 0.255 e. The third-order valence-corrected chi connectivity index (χ3v) is 16.7. The highest BCUT2D eigenvalue weighted by molar-refractivity contribution is 6.08. The van der Waals surface area contributed by atoms with Crippen LogP contribution in [-0.2, 0) is 79.3 Å². The Morgan fingerprint density at radius 1 is 0.478 bits per heavy atom. The van der Waals surface area contributed by atoms with Gasteiger partial charge in [-0.2, -0.15) is 0 Å². The minimum Gasteiger partial charge on any atom is -0.494 e. The van der Waals surface area contributed by atoms with E-state index in [9.17, 15) is 57.5 Å². The molecule has 3 fully saturated rings. The van der Waals surface area contributed by atoms with Crippen molar-refractivity contribution in [2.75, 3.05) is 6.61 Å². The Kier molecular flexibility index (Phi) is 18.8. The number of rotatable bonds is 15. The number of carbonyl (C=O) groups excluding carboxylic acids is 12. The van der Waals surface area contributed by atoms with Gasteiger partial charge in [-0.1, -0.05) is 66.7 Å². The Morgan fingerprint density at radius 2 is 0.902 bits per heavy atom. The Bertz CT molecular complexity index is 4160. The molecule has 7 heterocycles. The molecule has 3 atom stereocenters. The third-order valence-electron chi connectivity index (χ3n) is 16.7. The quantitative estimate of drug-likeness (QED) is 0.0736. The number of hydrogen-bond acceptors (Lipinski definition) is 14. The van der Waals surface area contributed by atoms with E-state index >= 15 is 0 Å². The topological polar surface area (TPSA) is 309 Å². The van der Waals surface area contributed by atoms with E-state index in [2.05, 4.69) is 36.9 Å². The smallest absolute Gasteiger partial charge is 0.255 e. The lowest BCUT2D eigenvalue weighted by atomic mass is 10.0. The number of benzene rings is 6. The monoisotopic (exact) mass is 1240 g/mol. The highest BCUT2D eigenvalue weighted by Crippen LogP contribution is 2.32. The summed E-state index contributed by atoms with van der Waals surface area (Å²) < 4.78 is 5.38. The second-order valence-electron chi connectivity index (χ2n) is 22.8. The van der Waals surface area contributed by atoms with Crippen molar-refractivity contribution in [3.8, 4) is 5.75 Å². The molecule has 12 amide bonds. The van der Waals surface area contributed by atoms with Crippen LogP contribution in [-0.4, -0.2) is 115 Å². The highest BCUT2D eigenvalue weighted by atomic mass is 16.5. The van der Waals surface area contributed by atoms with Gasteiger partial charge in [-0.3, -0.25) is 78.5 Å². The molecule has 0 spiro atoms. The summed E-state index contributed by atoms with van der Waals surface area (Å²) in [5, 5.41) is 16.6. The van der Waals surface area contributed by atoms with Crippen LogP contribution in [0.4, 0.5) is 0 Å². The lowest BCUT2D eigenvalue weighted by Gasteiger charge is -2.29. The van der Waals surface area contributed by atoms with Gasteiger partial charge in [0.2, 0.25) is 41.4 Å². The van der Waals surface area contributed by atoms with Crippen LogP contribution in [0.1, 0.15) is 136 Å². The van der Waals surface area contributed by atoms with E-state index in [1.807, 2.05) is 67.6 Å².